The molecular formula is C18H25N5O2. The van der Waals surface area contributed by atoms with Crippen molar-refractivity contribution in [1.82, 2.24) is 24.3 Å². The van der Waals surface area contributed by atoms with Gasteiger partial charge in [-0.25, -0.2) is 9.97 Å². The molecule has 0 aromatic carbocycles. The monoisotopic (exact) mass is 343 g/mol. The molecular weight excluding hydrogens is 318 g/mol. The molecule has 1 saturated heterocycles. The number of piperazine rings is 1. The summed E-state index contributed by atoms with van der Waals surface area (Å²) in [5, 5.41) is 0. The molecule has 1 aliphatic heterocycles. The Labute approximate surface area is 147 Å². The molecule has 0 aliphatic carbocycles. The van der Waals surface area contributed by atoms with Crippen LogP contribution in [0.5, 0.6) is 0 Å². The van der Waals surface area contributed by atoms with Gasteiger partial charge in [-0.05, 0) is 24.6 Å². The predicted octanol–water partition coefficient (Wildman–Crippen LogP) is 1.23. The summed E-state index contributed by atoms with van der Waals surface area (Å²) in [7, 11) is 0. The van der Waals surface area contributed by atoms with Gasteiger partial charge in [-0.1, -0.05) is 20.8 Å². The largest absolute Gasteiger partial charge is 0.335 e. The molecule has 1 amide bonds. The van der Waals surface area contributed by atoms with E-state index in [0.717, 1.165) is 19.6 Å². The van der Waals surface area contributed by atoms with E-state index in [0.29, 0.717) is 30.8 Å². The van der Waals surface area contributed by atoms with E-state index in [9.17, 15) is 9.59 Å². The zero-order valence-corrected chi connectivity index (χ0v) is 15.1. The maximum Gasteiger partial charge on any atom is 0.283 e. The maximum atomic E-state index is 12.9. The Hall–Kier alpha value is -2.28. The summed E-state index contributed by atoms with van der Waals surface area (Å²) in [5.41, 5.74) is 0.778. The highest BCUT2D eigenvalue weighted by Crippen LogP contribution is 2.11. The summed E-state index contributed by atoms with van der Waals surface area (Å²) in [4.78, 5) is 38.5. The quantitative estimate of drug-likeness (QED) is 0.835. The summed E-state index contributed by atoms with van der Waals surface area (Å²) >= 11 is 0. The fraction of sp³-hybridized carbons (Fsp3) is 0.556. The number of fused-ring (bicyclic) bond motifs is 1. The number of hydrogen-bond donors (Lipinski definition) is 0. The first-order valence-corrected chi connectivity index (χ1v) is 8.88. The van der Waals surface area contributed by atoms with E-state index in [-0.39, 0.29) is 23.1 Å². The first-order valence-electron chi connectivity index (χ1n) is 8.88. The molecule has 1 aliphatic rings. The van der Waals surface area contributed by atoms with Gasteiger partial charge in [0.25, 0.3) is 11.5 Å². The summed E-state index contributed by atoms with van der Waals surface area (Å²) in [6, 6.07) is 3.57. The van der Waals surface area contributed by atoms with Crippen molar-refractivity contribution in [2.75, 3.05) is 32.7 Å². The van der Waals surface area contributed by atoms with Gasteiger partial charge in [0.2, 0.25) is 0 Å². The lowest BCUT2D eigenvalue weighted by molar-refractivity contribution is 0.0635. The van der Waals surface area contributed by atoms with Crippen molar-refractivity contribution in [2.24, 2.45) is 5.92 Å². The van der Waals surface area contributed by atoms with Crippen molar-refractivity contribution in [3.8, 4) is 0 Å². The number of aromatic nitrogens is 3. The van der Waals surface area contributed by atoms with Crippen LogP contribution < -0.4 is 5.56 Å². The predicted molar refractivity (Wildman–Crippen MR) is 96.7 cm³/mol. The second-order valence-corrected chi connectivity index (χ2v) is 6.84. The number of amides is 1. The molecule has 7 heteroatoms. The van der Waals surface area contributed by atoms with Crippen molar-refractivity contribution in [1.29, 1.82) is 0 Å². The summed E-state index contributed by atoms with van der Waals surface area (Å²) < 4.78 is 1.59. The van der Waals surface area contributed by atoms with Crippen LogP contribution in [-0.2, 0) is 6.54 Å². The Morgan fingerprint density at radius 3 is 2.60 bits per heavy atom. The highest BCUT2D eigenvalue weighted by molar-refractivity contribution is 5.93. The van der Waals surface area contributed by atoms with Crippen LogP contribution in [0, 0.1) is 5.92 Å². The minimum atomic E-state index is -0.345. The molecule has 134 valence electrons. The van der Waals surface area contributed by atoms with Crippen LogP contribution in [0.2, 0.25) is 0 Å². The summed E-state index contributed by atoms with van der Waals surface area (Å²) in [5.74, 6) is -0.00892. The highest BCUT2D eigenvalue weighted by atomic mass is 16.2. The molecule has 2 aromatic rings. The Balaban J connectivity index is 2.00. The minimum Gasteiger partial charge on any atom is -0.335 e. The van der Waals surface area contributed by atoms with Crippen LogP contribution in [0.4, 0.5) is 0 Å². The Bertz CT molecular complexity index is 822. The molecule has 0 bridgehead atoms. The molecule has 0 unspecified atom stereocenters. The Morgan fingerprint density at radius 2 is 1.96 bits per heavy atom. The maximum absolute atomic E-state index is 12.9. The number of hydrogen-bond acceptors (Lipinski definition) is 5. The van der Waals surface area contributed by atoms with E-state index in [1.165, 1.54) is 0 Å². The molecule has 0 atom stereocenters. The first kappa shape index (κ1) is 17.5. The second kappa shape index (κ2) is 7.31. The average molecular weight is 343 g/mol. The third-order valence-corrected chi connectivity index (χ3v) is 4.56. The average Bonchev–Trinajstić information content (AvgIpc) is 2.63. The number of likely N-dealkylation sites (N-methyl/N-ethyl adjacent to an activating group) is 1. The van der Waals surface area contributed by atoms with Crippen molar-refractivity contribution in [3.05, 3.63) is 34.4 Å². The van der Waals surface area contributed by atoms with E-state index >= 15 is 0 Å². The zero-order chi connectivity index (χ0) is 18.0. The minimum absolute atomic E-state index is 0.00565. The molecule has 25 heavy (non-hydrogen) atoms. The van der Waals surface area contributed by atoms with Gasteiger partial charge in [-0.15, -0.1) is 0 Å². The van der Waals surface area contributed by atoms with E-state index < -0.39 is 0 Å². The van der Waals surface area contributed by atoms with Crippen LogP contribution in [-0.4, -0.2) is 63.0 Å². The molecule has 0 N–H and O–H groups in total. The summed E-state index contributed by atoms with van der Waals surface area (Å²) in [6.07, 6.45) is 1.64. The van der Waals surface area contributed by atoms with Crippen LogP contribution in [0.3, 0.4) is 0 Å². The van der Waals surface area contributed by atoms with Gasteiger partial charge in [-0.3, -0.25) is 14.2 Å². The van der Waals surface area contributed by atoms with Crippen LogP contribution >= 0.6 is 0 Å². The molecule has 0 radical (unpaired) electrons. The van der Waals surface area contributed by atoms with Gasteiger partial charge in [0.1, 0.15) is 5.52 Å². The SMILES string of the molecule is CCN1CCN(C(=O)c2nc3cccnc3n(CC(C)C)c2=O)CC1. The Kier molecular flexibility index (Phi) is 5.13. The fourth-order valence-electron chi connectivity index (χ4n) is 3.17. The zero-order valence-electron chi connectivity index (χ0n) is 15.1. The van der Waals surface area contributed by atoms with Crippen molar-refractivity contribution in [2.45, 2.75) is 27.3 Å². The molecule has 0 spiro atoms. The molecule has 3 heterocycles. The number of carbonyl (C=O) groups is 1. The van der Waals surface area contributed by atoms with E-state index in [2.05, 4.69) is 21.8 Å². The number of rotatable bonds is 4. The first-order chi connectivity index (χ1) is 12.0. The lowest BCUT2D eigenvalue weighted by atomic mass is 10.2. The Morgan fingerprint density at radius 1 is 1.24 bits per heavy atom. The number of nitrogens with zero attached hydrogens (tertiary/aromatic N) is 5. The van der Waals surface area contributed by atoms with E-state index in [4.69, 9.17) is 0 Å². The van der Waals surface area contributed by atoms with E-state index in [1.807, 2.05) is 13.8 Å². The fourth-order valence-corrected chi connectivity index (χ4v) is 3.17. The topological polar surface area (TPSA) is 71.3 Å². The van der Waals surface area contributed by atoms with Gasteiger partial charge in [0, 0.05) is 38.9 Å². The molecule has 7 nitrogen and oxygen atoms in total. The van der Waals surface area contributed by atoms with Crippen molar-refractivity contribution >= 4 is 17.1 Å². The van der Waals surface area contributed by atoms with Crippen molar-refractivity contribution < 1.29 is 4.79 Å². The lowest BCUT2D eigenvalue weighted by Gasteiger charge is -2.33. The molecule has 3 rings (SSSR count). The molecule has 1 fully saturated rings. The standard InChI is InChI=1S/C18H25N5O2/c1-4-21-8-10-22(11-9-21)17(24)15-18(25)23(12-13(2)3)16-14(20-15)6-5-7-19-16/h5-7,13H,4,8-12H2,1-3H3. The van der Waals surface area contributed by atoms with Crippen LogP contribution in [0.1, 0.15) is 31.3 Å². The van der Waals surface area contributed by atoms with Gasteiger partial charge < -0.3 is 9.80 Å². The van der Waals surface area contributed by atoms with Gasteiger partial charge in [0.05, 0.1) is 0 Å². The van der Waals surface area contributed by atoms with Crippen LogP contribution in [0.25, 0.3) is 11.2 Å². The molecule has 0 saturated carbocycles. The van der Waals surface area contributed by atoms with Crippen molar-refractivity contribution in [3.63, 3.8) is 0 Å². The van der Waals surface area contributed by atoms with Gasteiger partial charge in [-0.2, -0.15) is 0 Å². The van der Waals surface area contributed by atoms with Gasteiger partial charge in [0.15, 0.2) is 11.3 Å². The molecule has 2 aromatic heterocycles. The smallest absolute Gasteiger partial charge is 0.283 e. The van der Waals surface area contributed by atoms with Gasteiger partial charge >= 0.3 is 0 Å². The number of pyridine rings is 1. The number of carbonyl (C=O) groups excluding carboxylic acids is 1. The lowest BCUT2D eigenvalue weighted by Crippen LogP contribution is -2.50. The van der Waals surface area contributed by atoms with E-state index in [1.54, 1.807) is 27.8 Å². The summed E-state index contributed by atoms with van der Waals surface area (Å²) in [6.45, 7) is 10.6. The second-order valence-electron chi connectivity index (χ2n) is 6.84. The third-order valence-electron chi connectivity index (χ3n) is 4.56. The third kappa shape index (κ3) is 3.56. The normalized spacial score (nSPS) is 15.9. The highest BCUT2D eigenvalue weighted by Gasteiger charge is 2.26. The van der Waals surface area contributed by atoms with Crippen LogP contribution in [0.15, 0.2) is 23.1 Å².